The number of piperidine rings is 1. The van der Waals surface area contributed by atoms with E-state index in [0.29, 0.717) is 13.0 Å². The topological polar surface area (TPSA) is 64.5 Å². The lowest BCUT2D eigenvalue weighted by molar-refractivity contribution is -0.148. The lowest BCUT2D eigenvalue weighted by atomic mass is 9.97. The van der Waals surface area contributed by atoms with Crippen LogP contribution >= 0.6 is 11.5 Å². The summed E-state index contributed by atoms with van der Waals surface area (Å²) in [6.45, 7) is 3.93. The van der Waals surface area contributed by atoms with Crippen molar-refractivity contribution in [3.8, 4) is 5.75 Å². The minimum Gasteiger partial charge on any atom is -0.497 e. The molecule has 0 N–H and O–H groups in total. The smallest absolute Gasteiger partial charge is 0.309 e. The Bertz CT molecular complexity index is 711. The van der Waals surface area contributed by atoms with Crippen LogP contribution in [-0.2, 0) is 16.0 Å². The van der Waals surface area contributed by atoms with Gasteiger partial charge in [-0.3, -0.25) is 4.79 Å². The van der Waals surface area contributed by atoms with Gasteiger partial charge in [0.05, 0.1) is 19.6 Å². The normalized spacial score (nSPS) is 15.2. The van der Waals surface area contributed by atoms with Gasteiger partial charge in [-0.1, -0.05) is 12.1 Å². The molecule has 25 heavy (non-hydrogen) atoms. The van der Waals surface area contributed by atoms with Crippen molar-refractivity contribution >= 4 is 22.6 Å². The van der Waals surface area contributed by atoms with E-state index in [0.717, 1.165) is 48.2 Å². The molecule has 3 rings (SSSR count). The first kappa shape index (κ1) is 17.7. The van der Waals surface area contributed by atoms with Gasteiger partial charge in [-0.2, -0.15) is 4.37 Å². The Kier molecular flexibility index (Phi) is 5.86. The summed E-state index contributed by atoms with van der Waals surface area (Å²) in [7, 11) is 1.66. The van der Waals surface area contributed by atoms with Crippen LogP contribution in [0.4, 0.5) is 5.13 Å². The van der Waals surface area contributed by atoms with Crippen LogP contribution in [0, 0.1) is 5.92 Å². The number of methoxy groups -OCH3 is 1. The third-order valence-corrected chi connectivity index (χ3v) is 5.15. The van der Waals surface area contributed by atoms with E-state index in [4.69, 9.17) is 9.47 Å². The first-order chi connectivity index (χ1) is 12.2. The van der Waals surface area contributed by atoms with Gasteiger partial charge in [0.15, 0.2) is 0 Å². The molecule has 1 aromatic heterocycles. The molecule has 1 fully saturated rings. The number of carbonyl (C=O) groups excluding carboxylic acids is 1. The highest BCUT2D eigenvalue weighted by atomic mass is 32.1. The summed E-state index contributed by atoms with van der Waals surface area (Å²) < 4.78 is 14.9. The number of carbonyl (C=O) groups is 1. The number of hydrogen-bond acceptors (Lipinski definition) is 7. The summed E-state index contributed by atoms with van der Waals surface area (Å²) in [5, 5.41) is 0.931. The molecule has 1 saturated heterocycles. The fourth-order valence-corrected chi connectivity index (χ4v) is 3.71. The summed E-state index contributed by atoms with van der Waals surface area (Å²) >= 11 is 1.42. The van der Waals surface area contributed by atoms with E-state index in [-0.39, 0.29) is 11.9 Å². The number of hydrogen-bond donors (Lipinski definition) is 0. The van der Waals surface area contributed by atoms with Gasteiger partial charge < -0.3 is 14.4 Å². The highest BCUT2D eigenvalue weighted by molar-refractivity contribution is 7.09. The molecule has 0 spiro atoms. The third-order valence-electron chi connectivity index (χ3n) is 4.34. The minimum atomic E-state index is -0.0712. The molecular weight excluding hydrogens is 338 g/mol. The Morgan fingerprint density at radius 3 is 2.88 bits per heavy atom. The van der Waals surface area contributed by atoms with E-state index in [2.05, 4.69) is 14.3 Å². The standard InChI is InChI=1S/C18H23N3O3S/c1-3-24-17(22)14-7-9-21(10-8-14)18-19-16(20-25-18)12-13-5-4-6-15(11-13)23-2/h4-6,11,14H,3,7-10,12H2,1-2H3. The Balaban J connectivity index is 1.58. The molecule has 0 unspecified atom stereocenters. The highest BCUT2D eigenvalue weighted by Gasteiger charge is 2.27. The van der Waals surface area contributed by atoms with Crippen molar-refractivity contribution in [1.29, 1.82) is 0 Å². The third kappa shape index (κ3) is 4.48. The second-order valence-electron chi connectivity index (χ2n) is 6.03. The molecule has 0 aliphatic carbocycles. The zero-order valence-corrected chi connectivity index (χ0v) is 15.4. The van der Waals surface area contributed by atoms with E-state index in [1.807, 2.05) is 31.2 Å². The van der Waals surface area contributed by atoms with Crippen molar-refractivity contribution in [2.75, 3.05) is 31.7 Å². The largest absolute Gasteiger partial charge is 0.497 e. The van der Waals surface area contributed by atoms with E-state index in [9.17, 15) is 4.79 Å². The maximum absolute atomic E-state index is 11.8. The number of rotatable bonds is 6. The van der Waals surface area contributed by atoms with Crippen molar-refractivity contribution in [1.82, 2.24) is 9.36 Å². The monoisotopic (exact) mass is 361 g/mol. The Morgan fingerprint density at radius 2 is 2.16 bits per heavy atom. The van der Waals surface area contributed by atoms with E-state index >= 15 is 0 Å². The molecule has 1 aliphatic heterocycles. The molecule has 1 aromatic carbocycles. The molecule has 7 heteroatoms. The summed E-state index contributed by atoms with van der Waals surface area (Å²) in [5.41, 5.74) is 1.13. The first-order valence-electron chi connectivity index (χ1n) is 8.56. The molecule has 2 heterocycles. The lowest BCUT2D eigenvalue weighted by Crippen LogP contribution is -2.36. The number of nitrogens with zero attached hydrogens (tertiary/aromatic N) is 3. The van der Waals surface area contributed by atoms with Gasteiger partial charge in [-0.05, 0) is 37.5 Å². The van der Waals surface area contributed by atoms with Crippen LogP contribution < -0.4 is 9.64 Å². The summed E-state index contributed by atoms with van der Waals surface area (Å²) in [6, 6.07) is 7.96. The Labute approximate surface area is 152 Å². The molecule has 0 bridgehead atoms. The number of benzene rings is 1. The van der Waals surface area contributed by atoms with Crippen LogP contribution in [-0.4, -0.2) is 42.1 Å². The predicted molar refractivity (Wildman–Crippen MR) is 97.3 cm³/mol. The average Bonchev–Trinajstić information content (AvgIpc) is 3.10. The number of esters is 1. The zero-order chi connectivity index (χ0) is 17.6. The molecule has 6 nitrogen and oxygen atoms in total. The van der Waals surface area contributed by atoms with Crippen LogP contribution in [0.5, 0.6) is 5.75 Å². The predicted octanol–water partition coefficient (Wildman–Crippen LogP) is 2.92. The average molecular weight is 361 g/mol. The van der Waals surface area contributed by atoms with E-state index in [1.54, 1.807) is 7.11 Å². The molecule has 0 atom stereocenters. The molecule has 0 saturated carbocycles. The summed E-state index contributed by atoms with van der Waals surface area (Å²) in [4.78, 5) is 18.7. The van der Waals surface area contributed by atoms with Crippen LogP contribution in [0.2, 0.25) is 0 Å². The molecule has 0 radical (unpaired) electrons. The Hall–Kier alpha value is -2.15. The number of aromatic nitrogens is 2. The maximum atomic E-state index is 11.8. The zero-order valence-electron chi connectivity index (χ0n) is 14.6. The molecule has 1 aliphatic rings. The van der Waals surface area contributed by atoms with Gasteiger partial charge in [0.1, 0.15) is 11.6 Å². The van der Waals surface area contributed by atoms with Crippen LogP contribution in [0.1, 0.15) is 31.2 Å². The van der Waals surface area contributed by atoms with Crippen molar-refractivity contribution in [2.45, 2.75) is 26.2 Å². The van der Waals surface area contributed by atoms with Crippen molar-refractivity contribution in [3.63, 3.8) is 0 Å². The number of ether oxygens (including phenoxy) is 2. The van der Waals surface area contributed by atoms with Crippen LogP contribution in [0.3, 0.4) is 0 Å². The second kappa shape index (κ2) is 8.29. The summed E-state index contributed by atoms with van der Waals surface area (Å²) in [6.07, 6.45) is 2.31. The molecular formula is C18H23N3O3S. The molecule has 2 aromatic rings. The van der Waals surface area contributed by atoms with Crippen molar-refractivity contribution < 1.29 is 14.3 Å². The van der Waals surface area contributed by atoms with Crippen LogP contribution in [0.25, 0.3) is 0 Å². The van der Waals surface area contributed by atoms with Crippen molar-refractivity contribution in [2.24, 2.45) is 5.92 Å². The Morgan fingerprint density at radius 1 is 1.36 bits per heavy atom. The highest BCUT2D eigenvalue weighted by Crippen LogP contribution is 2.26. The molecule has 0 amide bonds. The quantitative estimate of drug-likeness (QED) is 0.737. The molecule has 134 valence electrons. The van der Waals surface area contributed by atoms with E-state index in [1.165, 1.54) is 11.5 Å². The lowest BCUT2D eigenvalue weighted by Gasteiger charge is -2.30. The van der Waals surface area contributed by atoms with Gasteiger partial charge in [0, 0.05) is 31.0 Å². The summed E-state index contributed by atoms with van der Waals surface area (Å²) in [5.74, 6) is 1.60. The SMILES string of the molecule is CCOC(=O)C1CCN(c2nc(Cc3cccc(OC)c3)ns2)CC1. The fraction of sp³-hybridized carbons (Fsp3) is 0.500. The second-order valence-corrected chi connectivity index (χ2v) is 6.77. The van der Waals surface area contributed by atoms with Gasteiger partial charge in [0.2, 0.25) is 5.13 Å². The minimum absolute atomic E-state index is 0.0142. The van der Waals surface area contributed by atoms with Crippen LogP contribution in [0.15, 0.2) is 24.3 Å². The maximum Gasteiger partial charge on any atom is 0.309 e. The van der Waals surface area contributed by atoms with Crippen molar-refractivity contribution in [3.05, 3.63) is 35.7 Å². The van der Waals surface area contributed by atoms with E-state index < -0.39 is 0 Å². The first-order valence-corrected chi connectivity index (χ1v) is 9.34. The fourth-order valence-electron chi connectivity index (χ4n) is 2.98. The van der Waals surface area contributed by atoms with Gasteiger partial charge in [0.25, 0.3) is 0 Å². The van der Waals surface area contributed by atoms with Gasteiger partial charge in [-0.15, -0.1) is 0 Å². The number of anilines is 1. The van der Waals surface area contributed by atoms with Gasteiger partial charge in [-0.25, -0.2) is 4.98 Å². The van der Waals surface area contributed by atoms with Gasteiger partial charge >= 0.3 is 5.97 Å².